The molecular weight excluding hydrogens is 260 g/mol. The summed E-state index contributed by atoms with van der Waals surface area (Å²) in [6.07, 6.45) is 3.03. The Labute approximate surface area is 126 Å². The van der Waals surface area contributed by atoms with Crippen LogP contribution in [0.4, 0.5) is 11.4 Å². The molecule has 112 valence electrons. The maximum Gasteiger partial charge on any atom is 0.0951 e. The van der Waals surface area contributed by atoms with Gasteiger partial charge in [0.25, 0.3) is 0 Å². The van der Waals surface area contributed by atoms with Crippen LogP contribution in [-0.2, 0) is 0 Å². The summed E-state index contributed by atoms with van der Waals surface area (Å²) >= 11 is 0. The molecule has 2 aromatic rings. The standard InChI is InChI=1S/C17H24N4/c1-3-13(2)20-9-11-21(12-10-20)16-7-6-15(18)17-14(16)5-4-8-19-17/h4-8,13H,3,9-12,18H2,1-2H3. The molecule has 1 saturated heterocycles. The zero-order valence-corrected chi connectivity index (χ0v) is 12.9. The van der Waals surface area contributed by atoms with Gasteiger partial charge in [0, 0.05) is 49.5 Å². The van der Waals surface area contributed by atoms with Gasteiger partial charge in [0.2, 0.25) is 0 Å². The van der Waals surface area contributed by atoms with Gasteiger partial charge in [0.1, 0.15) is 0 Å². The van der Waals surface area contributed by atoms with Crippen LogP contribution in [0.25, 0.3) is 10.9 Å². The molecular formula is C17H24N4. The van der Waals surface area contributed by atoms with Crippen LogP contribution >= 0.6 is 0 Å². The minimum Gasteiger partial charge on any atom is -0.397 e. The molecule has 2 N–H and O–H groups in total. The number of rotatable bonds is 3. The van der Waals surface area contributed by atoms with Gasteiger partial charge < -0.3 is 10.6 Å². The minimum atomic E-state index is 0.678. The molecule has 1 aromatic heterocycles. The summed E-state index contributed by atoms with van der Waals surface area (Å²) in [7, 11) is 0. The number of pyridine rings is 1. The molecule has 21 heavy (non-hydrogen) atoms. The highest BCUT2D eigenvalue weighted by molar-refractivity contribution is 5.98. The van der Waals surface area contributed by atoms with Gasteiger partial charge in [0.15, 0.2) is 0 Å². The van der Waals surface area contributed by atoms with Crippen LogP contribution in [0.15, 0.2) is 30.5 Å². The van der Waals surface area contributed by atoms with Gasteiger partial charge in [-0.3, -0.25) is 9.88 Å². The zero-order valence-electron chi connectivity index (χ0n) is 12.9. The SMILES string of the molecule is CCC(C)N1CCN(c2ccc(N)c3ncccc23)CC1. The first-order chi connectivity index (χ1) is 10.2. The topological polar surface area (TPSA) is 45.4 Å². The molecule has 1 atom stereocenters. The molecule has 3 rings (SSSR count). The number of hydrogen-bond acceptors (Lipinski definition) is 4. The van der Waals surface area contributed by atoms with Crippen LogP contribution in [-0.4, -0.2) is 42.1 Å². The number of aromatic nitrogens is 1. The molecule has 0 aliphatic carbocycles. The zero-order chi connectivity index (χ0) is 14.8. The fraction of sp³-hybridized carbons (Fsp3) is 0.471. The summed E-state index contributed by atoms with van der Waals surface area (Å²) in [6, 6.07) is 8.90. The van der Waals surface area contributed by atoms with Crippen LogP contribution in [0.3, 0.4) is 0 Å². The third-order valence-corrected chi connectivity index (χ3v) is 4.65. The van der Waals surface area contributed by atoms with Gasteiger partial charge in [-0.05, 0) is 37.6 Å². The Morgan fingerprint density at radius 2 is 1.95 bits per heavy atom. The molecule has 0 saturated carbocycles. The third-order valence-electron chi connectivity index (χ3n) is 4.65. The van der Waals surface area contributed by atoms with Gasteiger partial charge in [-0.25, -0.2) is 0 Å². The highest BCUT2D eigenvalue weighted by atomic mass is 15.3. The number of nitrogens with two attached hydrogens (primary N) is 1. The lowest BCUT2D eigenvalue weighted by Gasteiger charge is -2.39. The van der Waals surface area contributed by atoms with Crippen molar-refractivity contribution in [2.45, 2.75) is 26.3 Å². The van der Waals surface area contributed by atoms with Crippen molar-refractivity contribution >= 4 is 22.3 Å². The van der Waals surface area contributed by atoms with E-state index in [4.69, 9.17) is 5.73 Å². The van der Waals surface area contributed by atoms with E-state index < -0.39 is 0 Å². The largest absolute Gasteiger partial charge is 0.397 e. The summed E-state index contributed by atoms with van der Waals surface area (Å²) in [6.45, 7) is 8.97. The highest BCUT2D eigenvalue weighted by Gasteiger charge is 2.21. The van der Waals surface area contributed by atoms with Crippen molar-refractivity contribution in [3.05, 3.63) is 30.5 Å². The predicted molar refractivity (Wildman–Crippen MR) is 89.7 cm³/mol. The maximum absolute atomic E-state index is 6.05. The lowest BCUT2D eigenvalue weighted by Crippen LogP contribution is -2.49. The van der Waals surface area contributed by atoms with E-state index in [0.29, 0.717) is 6.04 Å². The number of piperazine rings is 1. The average molecular weight is 284 g/mol. The summed E-state index contributed by atoms with van der Waals surface area (Å²) in [4.78, 5) is 9.47. The van der Waals surface area contributed by atoms with Crippen LogP contribution < -0.4 is 10.6 Å². The van der Waals surface area contributed by atoms with Crippen molar-refractivity contribution in [1.82, 2.24) is 9.88 Å². The smallest absolute Gasteiger partial charge is 0.0951 e. The van der Waals surface area contributed by atoms with Crippen molar-refractivity contribution in [2.75, 3.05) is 36.8 Å². The van der Waals surface area contributed by atoms with E-state index in [1.165, 1.54) is 12.1 Å². The molecule has 0 amide bonds. The van der Waals surface area contributed by atoms with E-state index in [9.17, 15) is 0 Å². The Balaban J connectivity index is 1.85. The normalized spacial score (nSPS) is 18.1. The van der Waals surface area contributed by atoms with Gasteiger partial charge >= 0.3 is 0 Å². The number of nitrogens with zero attached hydrogens (tertiary/aromatic N) is 3. The molecule has 0 radical (unpaired) electrons. The number of hydrogen-bond donors (Lipinski definition) is 1. The first kappa shape index (κ1) is 14.1. The first-order valence-electron chi connectivity index (χ1n) is 7.83. The second-order valence-electron chi connectivity index (χ2n) is 5.85. The Bertz CT molecular complexity index is 617. The van der Waals surface area contributed by atoms with E-state index in [0.717, 1.165) is 42.8 Å². The summed E-state index contributed by atoms with van der Waals surface area (Å²) in [5, 5.41) is 1.16. The minimum absolute atomic E-state index is 0.678. The number of nitrogen functional groups attached to an aromatic ring is 1. The number of anilines is 2. The second kappa shape index (κ2) is 5.90. The van der Waals surface area contributed by atoms with Gasteiger partial charge in [-0.1, -0.05) is 6.92 Å². The van der Waals surface area contributed by atoms with E-state index in [-0.39, 0.29) is 0 Å². The molecule has 0 spiro atoms. The molecule has 4 heteroatoms. The molecule has 2 heterocycles. The fourth-order valence-electron chi connectivity index (χ4n) is 3.12. The monoisotopic (exact) mass is 284 g/mol. The molecule has 0 bridgehead atoms. The first-order valence-corrected chi connectivity index (χ1v) is 7.83. The molecule has 1 fully saturated rings. The van der Waals surface area contributed by atoms with Crippen molar-refractivity contribution in [3.63, 3.8) is 0 Å². The Morgan fingerprint density at radius 1 is 1.19 bits per heavy atom. The Kier molecular flexibility index (Phi) is 3.97. The Morgan fingerprint density at radius 3 is 2.67 bits per heavy atom. The van der Waals surface area contributed by atoms with Crippen LogP contribution in [0.2, 0.25) is 0 Å². The lowest BCUT2D eigenvalue weighted by molar-refractivity contribution is 0.193. The van der Waals surface area contributed by atoms with Crippen molar-refractivity contribution in [1.29, 1.82) is 0 Å². The van der Waals surface area contributed by atoms with Crippen LogP contribution in [0, 0.1) is 0 Å². The fourth-order valence-corrected chi connectivity index (χ4v) is 3.12. The maximum atomic E-state index is 6.05. The lowest BCUT2D eigenvalue weighted by atomic mass is 10.1. The summed E-state index contributed by atoms with van der Waals surface area (Å²) in [5.41, 5.74) is 8.98. The summed E-state index contributed by atoms with van der Waals surface area (Å²) in [5.74, 6) is 0. The van der Waals surface area contributed by atoms with Crippen molar-refractivity contribution in [3.8, 4) is 0 Å². The van der Waals surface area contributed by atoms with E-state index in [2.05, 4.69) is 40.8 Å². The van der Waals surface area contributed by atoms with Gasteiger partial charge in [0.05, 0.1) is 11.2 Å². The highest BCUT2D eigenvalue weighted by Crippen LogP contribution is 2.30. The second-order valence-corrected chi connectivity index (χ2v) is 5.85. The third kappa shape index (κ3) is 2.68. The Hall–Kier alpha value is -1.81. The van der Waals surface area contributed by atoms with E-state index in [1.54, 1.807) is 0 Å². The molecule has 1 aromatic carbocycles. The van der Waals surface area contributed by atoms with E-state index >= 15 is 0 Å². The molecule has 1 aliphatic rings. The molecule has 1 aliphatic heterocycles. The van der Waals surface area contributed by atoms with Crippen LogP contribution in [0.1, 0.15) is 20.3 Å². The number of benzene rings is 1. The summed E-state index contributed by atoms with van der Waals surface area (Å²) < 4.78 is 0. The van der Waals surface area contributed by atoms with Gasteiger partial charge in [-0.15, -0.1) is 0 Å². The van der Waals surface area contributed by atoms with E-state index in [1.807, 2.05) is 18.3 Å². The van der Waals surface area contributed by atoms with Crippen molar-refractivity contribution < 1.29 is 0 Å². The molecule has 4 nitrogen and oxygen atoms in total. The number of fused-ring (bicyclic) bond motifs is 1. The van der Waals surface area contributed by atoms with Crippen LogP contribution in [0.5, 0.6) is 0 Å². The predicted octanol–water partition coefficient (Wildman–Crippen LogP) is 2.74. The average Bonchev–Trinajstić information content (AvgIpc) is 2.55. The van der Waals surface area contributed by atoms with Crippen molar-refractivity contribution in [2.24, 2.45) is 0 Å². The van der Waals surface area contributed by atoms with Gasteiger partial charge in [-0.2, -0.15) is 0 Å². The quantitative estimate of drug-likeness (QED) is 0.880. The molecule has 1 unspecified atom stereocenters.